The molecule has 0 unspecified atom stereocenters. The fourth-order valence-corrected chi connectivity index (χ4v) is 2.31. The van der Waals surface area contributed by atoms with E-state index in [0.717, 1.165) is 36.6 Å². The molecule has 0 radical (unpaired) electrons. The lowest BCUT2D eigenvalue weighted by Crippen LogP contribution is -2.35. The van der Waals surface area contributed by atoms with Crippen molar-refractivity contribution in [1.29, 1.82) is 0 Å². The van der Waals surface area contributed by atoms with Crippen LogP contribution in [-0.2, 0) is 11.3 Å². The van der Waals surface area contributed by atoms with Gasteiger partial charge in [-0.1, -0.05) is 18.3 Å². The zero-order chi connectivity index (χ0) is 14.1. The minimum absolute atomic E-state index is 0.0275. The van der Waals surface area contributed by atoms with Gasteiger partial charge in [0.25, 0.3) is 0 Å². The number of nitrogens with zero attached hydrogens (tertiary/aromatic N) is 3. The molecule has 1 amide bonds. The number of hydrogen-bond donors (Lipinski definition) is 2. The van der Waals surface area contributed by atoms with E-state index in [2.05, 4.69) is 39.0 Å². The lowest BCUT2D eigenvalue weighted by molar-refractivity contribution is -0.121. The van der Waals surface area contributed by atoms with Crippen LogP contribution in [0.5, 0.6) is 0 Å². The number of nitrogens with one attached hydrogen (secondary N) is 2. The second kappa shape index (κ2) is 8.82. The van der Waals surface area contributed by atoms with Gasteiger partial charge < -0.3 is 10.6 Å². The molecular formula is C12H23N5OS. The molecular weight excluding hydrogens is 262 g/mol. The Bertz CT molecular complexity index is 382. The van der Waals surface area contributed by atoms with E-state index in [-0.39, 0.29) is 5.91 Å². The molecule has 0 saturated carbocycles. The maximum absolute atomic E-state index is 11.5. The third kappa shape index (κ3) is 5.52. The number of carbonyl (C=O) groups excluding carboxylic acids is 1. The third-order valence-corrected chi connectivity index (χ3v) is 3.38. The highest BCUT2D eigenvalue weighted by Gasteiger charge is 2.14. The van der Waals surface area contributed by atoms with Crippen LogP contribution >= 0.6 is 11.5 Å². The number of amides is 1. The summed E-state index contributed by atoms with van der Waals surface area (Å²) in [7, 11) is 1.66. The van der Waals surface area contributed by atoms with E-state index in [1.54, 1.807) is 7.05 Å². The summed E-state index contributed by atoms with van der Waals surface area (Å²) in [5, 5.41) is 11.1. The molecule has 7 heteroatoms. The average Bonchev–Trinajstić information content (AvgIpc) is 2.83. The predicted molar refractivity (Wildman–Crippen MR) is 78.3 cm³/mol. The van der Waals surface area contributed by atoms with Crippen LogP contribution in [0.3, 0.4) is 0 Å². The maximum atomic E-state index is 11.5. The summed E-state index contributed by atoms with van der Waals surface area (Å²) in [6.07, 6.45) is 2.07. The van der Waals surface area contributed by atoms with E-state index in [1.807, 2.05) is 0 Å². The quantitative estimate of drug-likeness (QED) is 0.716. The summed E-state index contributed by atoms with van der Waals surface area (Å²) in [4.78, 5) is 13.6. The van der Waals surface area contributed by atoms with E-state index >= 15 is 0 Å². The Kier molecular flexibility index (Phi) is 7.35. The van der Waals surface area contributed by atoms with Gasteiger partial charge in [0.05, 0.1) is 6.54 Å². The van der Waals surface area contributed by atoms with Gasteiger partial charge in [-0.15, -0.1) is 5.10 Å². The van der Waals surface area contributed by atoms with Crippen molar-refractivity contribution in [1.82, 2.24) is 19.8 Å². The first-order chi connectivity index (χ1) is 9.21. The van der Waals surface area contributed by atoms with Crippen LogP contribution < -0.4 is 10.6 Å². The molecule has 1 aromatic rings. The summed E-state index contributed by atoms with van der Waals surface area (Å²) < 4.78 is 3.99. The van der Waals surface area contributed by atoms with Gasteiger partial charge in [0.1, 0.15) is 10.7 Å². The highest BCUT2D eigenvalue weighted by Crippen LogP contribution is 2.19. The molecule has 0 fully saturated rings. The molecule has 0 aliphatic carbocycles. The van der Waals surface area contributed by atoms with Crippen LogP contribution in [0.15, 0.2) is 0 Å². The maximum Gasteiger partial charge on any atom is 0.233 e. The molecule has 0 bridgehead atoms. The molecule has 6 nitrogen and oxygen atoms in total. The fraction of sp³-hybridized carbons (Fsp3) is 0.750. The Morgan fingerprint density at radius 3 is 2.79 bits per heavy atom. The third-order valence-electron chi connectivity index (χ3n) is 2.65. The molecule has 19 heavy (non-hydrogen) atoms. The van der Waals surface area contributed by atoms with Crippen LogP contribution in [0.2, 0.25) is 0 Å². The Balaban J connectivity index is 2.62. The van der Waals surface area contributed by atoms with Gasteiger partial charge in [-0.3, -0.25) is 9.69 Å². The van der Waals surface area contributed by atoms with E-state index in [9.17, 15) is 4.79 Å². The van der Waals surface area contributed by atoms with Gasteiger partial charge in [-0.2, -0.15) is 0 Å². The van der Waals surface area contributed by atoms with Crippen molar-refractivity contribution in [2.45, 2.75) is 33.2 Å². The minimum Gasteiger partial charge on any atom is -0.374 e. The summed E-state index contributed by atoms with van der Waals surface area (Å²) >= 11 is 1.37. The standard InChI is InChI=1S/C12H23N5OS/c1-4-6-14-12-10(15-16-19-12)8-17(7-5-2)9-11(18)13-3/h14H,4-9H2,1-3H3,(H,13,18). The van der Waals surface area contributed by atoms with Crippen molar-refractivity contribution in [3.05, 3.63) is 5.69 Å². The SMILES string of the molecule is CCCNc1snnc1CN(CCC)CC(=O)NC. The van der Waals surface area contributed by atoms with Crippen molar-refractivity contribution in [2.24, 2.45) is 0 Å². The minimum atomic E-state index is 0.0275. The van der Waals surface area contributed by atoms with Crippen LogP contribution in [0.25, 0.3) is 0 Å². The Labute approximate surface area is 118 Å². The normalized spacial score (nSPS) is 10.7. The lowest BCUT2D eigenvalue weighted by Gasteiger charge is -2.19. The van der Waals surface area contributed by atoms with Gasteiger partial charge in [0.2, 0.25) is 5.91 Å². The first-order valence-corrected chi connectivity index (χ1v) is 7.46. The summed E-state index contributed by atoms with van der Waals surface area (Å²) in [5.74, 6) is 0.0275. The Hall–Kier alpha value is -1.21. The first-order valence-electron chi connectivity index (χ1n) is 6.69. The Morgan fingerprint density at radius 2 is 2.16 bits per heavy atom. The monoisotopic (exact) mass is 285 g/mol. The van der Waals surface area contributed by atoms with E-state index in [1.165, 1.54) is 11.5 Å². The van der Waals surface area contributed by atoms with Gasteiger partial charge in [0.15, 0.2) is 0 Å². The van der Waals surface area contributed by atoms with Crippen molar-refractivity contribution < 1.29 is 4.79 Å². The molecule has 1 heterocycles. The first kappa shape index (κ1) is 15.8. The van der Waals surface area contributed by atoms with Crippen molar-refractivity contribution >= 4 is 22.4 Å². The van der Waals surface area contributed by atoms with Gasteiger partial charge in [-0.25, -0.2) is 0 Å². The van der Waals surface area contributed by atoms with Crippen LogP contribution in [0.1, 0.15) is 32.4 Å². The second-order valence-corrected chi connectivity index (χ2v) is 5.11. The summed E-state index contributed by atoms with van der Waals surface area (Å²) in [5.41, 5.74) is 0.927. The molecule has 108 valence electrons. The predicted octanol–water partition coefficient (Wildman–Crippen LogP) is 1.32. The number of carbonyl (C=O) groups is 1. The number of rotatable bonds is 9. The molecule has 0 aromatic carbocycles. The topological polar surface area (TPSA) is 70.2 Å². The van der Waals surface area contributed by atoms with E-state index in [0.29, 0.717) is 13.1 Å². The van der Waals surface area contributed by atoms with Crippen molar-refractivity contribution in [3.8, 4) is 0 Å². The fourth-order valence-electron chi connectivity index (χ4n) is 1.71. The van der Waals surface area contributed by atoms with E-state index in [4.69, 9.17) is 0 Å². The summed E-state index contributed by atoms with van der Waals surface area (Å²) in [6, 6.07) is 0. The molecule has 2 N–H and O–H groups in total. The highest BCUT2D eigenvalue weighted by atomic mass is 32.1. The molecule has 1 rings (SSSR count). The lowest BCUT2D eigenvalue weighted by atomic mass is 10.3. The van der Waals surface area contributed by atoms with Crippen LogP contribution in [0, 0.1) is 0 Å². The van der Waals surface area contributed by atoms with Crippen LogP contribution in [0.4, 0.5) is 5.00 Å². The molecule has 0 saturated heterocycles. The largest absolute Gasteiger partial charge is 0.374 e. The highest BCUT2D eigenvalue weighted by molar-refractivity contribution is 7.10. The molecule has 0 spiro atoms. The molecule has 1 aromatic heterocycles. The second-order valence-electron chi connectivity index (χ2n) is 4.36. The molecule has 0 aliphatic rings. The van der Waals surface area contributed by atoms with Crippen molar-refractivity contribution in [2.75, 3.05) is 32.0 Å². The zero-order valence-corrected chi connectivity index (χ0v) is 12.7. The van der Waals surface area contributed by atoms with Gasteiger partial charge >= 0.3 is 0 Å². The van der Waals surface area contributed by atoms with Crippen molar-refractivity contribution in [3.63, 3.8) is 0 Å². The average molecular weight is 285 g/mol. The van der Waals surface area contributed by atoms with E-state index < -0.39 is 0 Å². The molecule has 0 atom stereocenters. The molecule has 0 aliphatic heterocycles. The number of likely N-dealkylation sites (N-methyl/N-ethyl adjacent to an activating group) is 1. The van der Waals surface area contributed by atoms with Gasteiger partial charge in [0, 0.05) is 31.7 Å². The van der Waals surface area contributed by atoms with Gasteiger partial charge in [-0.05, 0) is 19.4 Å². The van der Waals surface area contributed by atoms with Crippen LogP contribution in [-0.4, -0.2) is 47.1 Å². The number of aromatic nitrogens is 2. The zero-order valence-electron chi connectivity index (χ0n) is 11.9. The number of hydrogen-bond acceptors (Lipinski definition) is 6. The summed E-state index contributed by atoms with van der Waals surface area (Å²) in [6.45, 7) is 7.07. The number of anilines is 1. The Morgan fingerprint density at radius 1 is 1.37 bits per heavy atom. The smallest absolute Gasteiger partial charge is 0.233 e.